The predicted molar refractivity (Wildman–Crippen MR) is 37.0 cm³/mol. The molecule has 0 unspecified atom stereocenters. The molecule has 0 aliphatic carbocycles. The Morgan fingerprint density at radius 3 is 2.67 bits per heavy atom. The molecule has 0 radical (unpaired) electrons. The Morgan fingerprint density at radius 1 is 1.78 bits per heavy atom. The molecule has 0 rings (SSSR count). The minimum atomic E-state index is 0. The van der Waals surface area contributed by atoms with E-state index in [0.717, 1.165) is 0 Å². The van der Waals surface area contributed by atoms with Gasteiger partial charge in [-0.25, -0.2) is 0 Å². The highest BCUT2D eigenvalue weighted by molar-refractivity contribution is 5.77. The van der Waals surface area contributed by atoms with Crippen molar-refractivity contribution in [1.82, 2.24) is 5.32 Å². The maximum absolute atomic E-state index is 10.7. The Balaban J connectivity index is 0. The molecule has 56 valence electrons. The molecular formula is C6H15NO2. The van der Waals surface area contributed by atoms with Gasteiger partial charge >= 0.3 is 0 Å². The molecule has 3 heteroatoms. The summed E-state index contributed by atoms with van der Waals surface area (Å²) in [7, 11) is 1.54. The van der Waals surface area contributed by atoms with Crippen LogP contribution < -0.4 is 5.32 Å². The van der Waals surface area contributed by atoms with E-state index in [1.807, 2.05) is 13.8 Å². The van der Waals surface area contributed by atoms with Crippen molar-refractivity contribution in [3.05, 3.63) is 0 Å². The molecule has 0 aliphatic rings. The van der Waals surface area contributed by atoms with Crippen molar-refractivity contribution in [2.75, 3.05) is 13.8 Å². The molecular weight excluding hydrogens is 118 g/mol. The highest BCUT2D eigenvalue weighted by atomic mass is 16.5. The van der Waals surface area contributed by atoms with Gasteiger partial charge in [0.1, 0.15) is 6.73 Å². The van der Waals surface area contributed by atoms with Gasteiger partial charge in [0.25, 0.3) is 0 Å². The van der Waals surface area contributed by atoms with E-state index in [2.05, 4.69) is 10.1 Å². The molecule has 0 spiro atoms. The van der Waals surface area contributed by atoms with Crippen LogP contribution >= 0.6 is 0 Å². The summed E-state index contributed by atoms with van der Waals surface area (Å²) >= 11 is 0. The number of nitrogens with one attached hydrogen (secondary N) is 1. The molecule has 1 N–H and O–H groups in total. The zero-order valence-electron chi connectivity index (χ0n) is 6.10. The van der Waals surface area contributed by atoms with E-state index in [9.17, 15) is 4.79 Å². The third-order valence-electron chi connectivity index (χ3n) is 0.915. The van der Waals surface area contributed by atoms with Gasteiger partial charge in [-0.2, -0.15) is 0 Å². The van der Waals surface area contributed by atoms with Gasteiger partial charge in [-0.15, -0.1) is 0 Å². The Morgan fingerprint density at radius 2 is 2.33 bits per heavy atom. The average Bonchev–Trinajstić information content (AvgIpc) is 1.82. The van der Waals surface area contributed by atoms with Crippen molar-refractivity contribution in [2.24, 2.45) is 5.92 Å². The van der Waals surface area contributed by atoms with Crippen LogP contribution in [0.4, 0.5) is 0 Å². The number of rotatable bonds is 3. The molecule has 0 fully saturated rings. The summed E-state index contributed by atoms with van der Waals surface area (Å²) in [4.78, 5) is 10.7. The number of ether oxygens (including phenoxy) is 1. The van der Waals surface area contributed by atoms with Crippen molar-refractivity contribution in [3.63, 3.8) is 0 Å². The maximum atomic E-state index is 10.7. The number of hydrogen-bond donors (Lipinski definition) is 1. The van der Waals surface area contributed by atoms with E-state index in [1.165, 1.54) is 0 Å². The van der Waals surface area contributed by atoms with Crippen molar-refractivity contribution >= 4 is 5.91 Å². The first kappa shape index (κ1) is 8.43. The molecule has 0 bridgehead atoms. The third kappa shape index (κ3) is 3.97. The summed E-state index contributed by atoms with van der Waals surface area (Å²) in [6.07, 6.45) is 0. The first-order valence-corrected chi connectivity index (χ1v) is 2.95. The van der Waals surface area contributed by atoms with Gasteiger partial charge in [0.2, 0.25) is 5.91 Å². The highest BCUT2D eigenvalue weighted by Gasteiger charge is 2.03. The van der Waals surface area contributed by atoms with Crippen molar-refractivity contribution < 1.29 is 11.0 Å². The van der Waals surface area contributed by atoms with Crippen molar-refractivity contribution in [1.29, 1.82) is 0 Å². The fourth-order valence-electron chi connectivity index (χ4n) is 0.347. The number of carbonyl (C=O) groups excluding carboxylic acids is 1. The quantitative estimate of drug-likeness (QED) is 0.573. The minimum Gasteiger partial charge on any atom is -0.364 e. The molecule has 0 saturated heterocycles. The fraction of sp³-hybridized carbons (Fsp3) is 0.833. The van der Waals surface area contributed by atoms with Gasteiger partial charge in [0.15, 0.2) is 0 Å². The average molecular weight is 133 g/mol. The van der Waals surface area contributed by atoms with E-state index < -0.39 is 0 Å². The summed E-state index contributed by atoms with van der Waals surface area (Å²) in [5.74, 6) is 0.0667. The lowest BCUT2D eigenvalue weighted by molar-refractivity contribution is -0.125. The predicted octanol–water partition coefficient (Wildman–Crippen LogP) is 0.608. The number of methoxy groups -OCH3 is 1. The van der Waals surface area contributed by atoms with Crippen LogP contribution in [0.2, 0.25) is 0 Å². The molecule has 0 aromatic rings. The van der Waals surface area contributed by atoms with Crippen LogP contribution in [0.5, 0.6) is 0 Å². The SMILES string of the molecule is COCNC(=O)C(C)C.[HH]. The van der Waals surface area contributed by atoms with Gasteiger partial charge < -0.3 is 10.1 Å². The van der Waals surface area contributed by atoms with Crippen LogP contribution in [-0.4, -0.2) is 19.7 Å². The topological polar surface area (TPSA) is 38.3 Å². The summed E-state index contributed by atoms with van der Waals surface area (Å²) in [6, 6.07) is 0. The van der Waals surface area contributed by atoms with Crippen LogP contribution in [0.25, 0.3) is 0 Å². The van der Waals surface area contributed by atoms with Crippen molar-refractivity contribution in [3.8, 4) is 0 Å². The van der Waals surface area contributed by atoms with Gasteiger partial charge in [-0.3, -0.25) is 4.79 Å². The lowest BCUT2D eigenvalue weighted by atomic mass is 10.2. The van der Waals surface area contributed by atoms with Crippen LogP contribution in [0.15, 0.2) is 0 Å². The molecule has 0 atom stereocenters. The first-order valence-electron chi connectivity index (χ1n) is 2.95. The van der Waals surface area contributed by atoms with Crippen LogP contribution in [0, 0.1) is 5.92 Å². The number of carbonyl (C=O) groups is 1. The van der Waals surface area contributed by atoms with E-state index in [4.69, 9.17) is 0 Å². The zero-order valence-corrected chi connectivity index (χ0v) is 6.10. The smallest absolute Gasteiger partial charge is 0.224 e. The maximum Gasteiger partial charge on any atom is 0.224 e. The Hall–Kier alpha value is -0.570. The Labute approximate surface area is 56.9 Å². The molecule has 0 aromatic carbocycles. The molecule has 3 nitrogen and oxygen atoms in total. The van der Waals surface area contributed by atoms with E-state index in [0.29, 0.717) is 6.73 Å². The van der Waals surface area contributed by atoms with Gasteiger partial charge in [-0.05, 0) is 0 Å². The summed E-state index contributed by atoms with van der Waals surface area (Å²) in [5.41, 5.74) is 0. The fourth-order valence-corrected chi connectivity index (χ4v) is 0.347. The normalized spacial score (nSPS) is 9.78. The lowest BCUT2D eigenvalue weighted by Gasteiger charge is -2.04. The van der Waals surface area contributed by atoms with E-state index >= 15 is 0 Å². The molecule has 1 amide bonds. The van der Waals surface area contributed by atoms with Crippen LogP contribution in [0.1, 0.15) is 15.3 Å². The second-order valence-electron chi connectivity index (χ2n) is 2.13. The Bertz CT molecular complexity index is 95.7. The summed E-state index contributed by atoms with van der Waals surface area (Å²) < 4.78 is 4.63. The van der Waals surface area contributed by atoms with Gasteiger partial charge in [-0.1, -0.05) is 13.8 Å². The van der Waals surface area contributed by atoms with Crippen LogP contribution in [-0.2, 0) is 9.53 Å². The molecule has 0 aliphatic heterocycles. The zero-order chi connectivity index (χ0) is 7.28. The second-order valence-corrected chi connectivity index (χ2v) is 2.13. The minimum absolute atomic E-state index is 0. The van der Waals surface area contributed by atoms with Crippen molar-refractivity contribution in [2.45, 2.75) is 13.8 Å². The van der Waals surface area contributed by atoms with Gasteiger partial charge in [0, 0.05) is 14.5 Å². The third-order valence-corrected chi connectivity index (χ3v) is 0.915. The molecule has 0 heterocycles. The number of amides is 1. The van der Waals surface area contributed by atoms with E-state index in [1.54, 1.807) is 7.11 Å². The highest BCUT2D eigenvalue weighted by Crippen LogP contribution is 1.88. The lowest BCUT2D eigenvalue weighted by Crippen LogP contribution is -2.29. The Kier molecular flexibility index (Phi) is 4.05. The molecule has 0 saturated carbocycles. The number of hydrogen-bond acceptors (Lipinski definition) is 2. The first-order chi connectivity index (χ1) is 4.18. The largest absolute Gasteiger partial charge is 0.364 e. The summed E-state index contributed by atoms with van der Waals surface area (Å²) in [5, 5.41) is 2.57. The van der Waals surface area contributed by atoms with Crippen LogP contribution in [0.3, 0.4) is 0 Å². The molecule has 0 aromatic heterocycles. The molecule has 9 heavy (non-hydrogen) atoms. The second kappa shape index (κ2) is 4.32. The standard InChI is InChI=1S/C6H13NO2.H2/c1-5(2)6(8)7-4-9-3;/h5H,4H2,1-3H3,(H,7,8);1H. The van der Waals surface area contributed by atoms with E-state index in [-0.39, 0.29) is 13.3 Å². The summed E-state index contributed by atoms with van der Waals surface area (Å²) in [6.45, 7) is 3.98. The monoisotopic (exact) mass is 133 g/mol. The van der Waals surface area contributed by atoms with Gasteiger partial charge in [0.05, 0.1) is 0 Å².